The van der Waals surface area contributed by atoms with Crippen molar-refractivity contribution in [2.24, 2.45) is 0 Å². The molecule has 0 saturated heterocycles. The van der Waals surface area contributed by atoms with Crippen molar-refractivity contribution >= 4 is 11.7 Å². The highest BCUT2D eigenvalue weighted by Gasteiger charge is 2.21. The van der Waals surface area contributed by atoms with E-state index in [2.05, 4.69) is 10.4 Å². The summed E-state index contributed by atoms with van der Waals surface area (Å²) in [5.74, 6) is 0.912. The predicted molar refractivity (Wildman–Crippen MR) is 52.8 cm³/mol. The first-order valence-corrected chi connectivity index (χ1v) is 4.53. The summed E-state index contributed by atoms with van der Waals surface area (Å²) in [6.45, 7) is 4.06. The molecule has 1 aromatic heterocycles. The van der Waals surface area contributed by atoms with E-state index in [1.165, 1.54) is 10.8 Å². The molecular formula is C9H13N3O2. The molecule has 5 nitrogen and oxygen atoms in total. The smallest absolute Gasteiger partial charge is 0.214 e. The molecule has 2 heterocycles. The van der Waals surface area contributed by atoms with Crippen molar-refractivity contribution in [2.45, 2.75) is 26.0 Å². The number of aliphatic hydroxyl groups is 2. The lowest BCUT2D eigenvalue weighted by molar-refractivity contribution is 0.243. The quantitative estimate of drug-likeness (QED) is 0.627. The molecule has 76 valence electrons. The van der Waals surface area contributed by atoms with Gasteiger partial charge in [0.2, 0.25) is 5.88 Å². The molecular weight excluding hydrogens is 182 g/mol. The van der Waals surface area contributed by atoms with Crippen molar-refractivity contribution in [3.05, 3.63) is 17.8 Å². The third-order valence-electron chi connectivity index (χ3n) is 2.23. The lowest BCUT2D eigenvalue weighted by Crippen LogP contribution is -2.25. The molecule has 0 fully saturated rings. The van der Waals surface area contributed by atoms with Crippen LogP contribution in [0.15, 0.2) is 12.3 Å². The van der Waals surface area contributed by atoms with Crippen LogP contribution in [0.4, 0.5) is 5.82 Å². The van der Waals surface area contributed by atoms with Gasteiger partial charge < -0.3 is 15.5 Å². The Hall–Kier alpha value is -1.49. The van der Waals surface area contributed by atoms with E-state index in [-0.39, 0.29) is 5.88 Å². The molecule has 1 aliphatic rings. The molecule has 0 bridgehead atoms. The maximum atomic E-state index is 9.49. The zero-order valence-corrected chi connectivity index (χ0v) is 8.10. The second kappa shape index (κ2) is 3.02. The van der Waals surface area contributed by atoms with Crippen LogP contribution in [0.1, 0.15) is 25.3 Å². The highest BCUT2D eigenvalue weighted by molar-refractivity contribution is 5.58. The molecule has 0 aromatic carbocycles. The molecule has 1 aromatic rings. The SMILES string of the molecule is CC(C)c1cnn2c1NC(O)C=C2O. The predicted octanol–water partition coefficient (Wildman–Crippen LogP) is 1.11. The summed E-state index contributed by atoms with van der Waals surface area (Å²) in [6, 6.07) is 0. The Labute approximate surface area is 81.7 Å². The minimum absolute atomic E-state index is 0.0434. The van der Waals surface area contributed by atoms with E-state index in [0.717, 1.165) is 5.56 Å². The average molecular weight is 195 g/mol. The van der Waals surface area contributed by atoms with E-state index in [9.17, 15) is 10.2 Å². The zero-order valence-electron chi connectivity index (χ0n) is 8.10. The summed E-state index contributed by atoms with van der Waals surface area (Å²) < 4.78 is 1.38. The maximum absolute atomic E-state index is 9.49. The first kappa shape index (κ1) is 9.08. The lowest BCUT2D eigenvalue weighted by Gasteiger charge is -2.20. The van der Waals surface area contributed by atoms with Gasteiger partial charge in [0.15, 0.2) is 0 Å². The first-order chi connectivity index (χ1) is 6.59. The highest BCUT2D eigenvalue weighted by atomic mass is 16.3. The number of anilines is 1. The number of fused-ring (bicyclic) bond motifs is 1. The van der Waals surface area contributed by atoms with Gasteiger partial charge in [-0.3, -0.25) is 0 Å². The third-order valence-corrected chi connectivity index (χ3v) is 2.23. The van der Waals surface area contributed by atoms with Crippen LogP contribution in [0.3, 0.4) is 0 Å². The summed E-state index contributed by atoms with van der Waals surface area (Å²) in [5.41, 5.74) is 0.976. The van der Waals surface area contributed by atoms with Crippen molar-refractivity contribution in [1.29, 1.82) is 0 Å². The molecule has 0 aliphatic carbocycles. The molecule has 0 radical (unpaired) electrons. The van der Waals surface area contributed by atoms with E-state index in [1.54, 1.807) is 6.20 Å². The molecule has 1 unspecified atom stereocenters. The zero-order chi connectivity index (χ0) is 10.3. The molecule has 0 saturated carbocycles. The van der Waals surface area contributed by atoms with Gasteiger partial charge in [0.1, 0.15) is 12.0 Å². The number of nitrogens with zero attached hydrogens (tertiary/aromatic N) is 2. The first-order valence-electron chi connectivity index (χ1n) is 4.53. The van der Waals surface area contributed by atoms with Gasteiger partial charge in [0.05, 0.1) is 6.20 Å². The van der Waals surface area contributed by atoms with Crippen molar-refractivity contribution in [1.82, 2.24) is 9.78 Å². The molecule has 0 amide bonds. The second-order valence-corrected chi connectivity index (χ2v) is 3.63. The molecule has 0 spiro atoms. The number of nitrogens with one attached hydrogen (secondary N) is 1. The molecule has 1 aliphatic heterocycles. The topological polar surface area (TPSA) is 70.3 Å². The Balaban J connectivity index is 2.49. The van der Waals surface area contributed by atoms with Crippen LogP contribution >= 0.6 is 0 Å². The van der Waals surface area contributed by atoms with Gasteiger partial charge in [-0.05, 0) is 5.92 Å². The number of aliphatic hydroxyl groups excluding tert-OH is 2. The van der Waals surface area contributed by atoms with Crippen LogP contribution in [-0.2, 0) is 0 Å². The molecule has 5 heteroatoms. The standard InChI is InChI=1S/C9H13N3O2/c1-5(2)6-4-10-12-8(14)3-7(13)11-9(6)12/h3-5,7,11,13-14H,1-2H3. The van der Waals surface area contributed by atoms with Gasteiger partial charge in [-0.15, -0.1) is 0 Å². The summed E-state index contributed by atoms with van der Waals surface area (Å²) in [5, 5.41) is 25.7. The summed E-state index contributed by atoms with van der Waals surface area (Å²) in [7, 11) is 0. The van der Waals surface area contributed by atoms with Gasteiger partial charge in [0, 0.05) is 11.6 Å². The number of aromatic nitrogens is 2. The van der Waals surface area contributed by atoms with Crippen LogP contribution in [-0.4, -0.2) is 26.2 Å². The van der Waals surface area contributed by atoms with E-state index in [4.69, 9.17) is 0 Å². The van der Waals surface area contributed by atoms with Crippen molar-refractivity contribution in [3.63, 3.8) is 0 Å². The molecule has 1 atom stereocenters. The van der Waals surface area contributed by atoms with Crippen molar-refractivity contribution in [2.75, 3.05) is 5.32 Å². The Morgan fingerprint density at radius 1 is 1.57 bits per heavy atom. The van der Waals surface area contributed by atoms with Gasteiger partial charge >= 0.3 is 0 Å². The third kappa shape index (κ3) is 1.26. The van der Waals surface area contributed by atoms with Gasteiger partial charge in [0.25, 0.3) is 0 Å². The average Bonchev–Trinajstić information content (AvgIpc) is 2.47. The summed E-state index contributed by atoms with van der Waals surface area (Å²) in [6.07, 6.45) is 2.14. The fourth-order valence-corrected chi connectivity index (χ4v) is 1.50. The fraction of sp³-hybridized carbons (Fsp3) is 0.444. The van der Waals surface area contributed by atoms with E-state index in [0.29, 0.717) is 11.7 Å². The highest BCUT2D eigenvalue weighted by Crippen LogP contribution is 2.28. The monoisotopic (exact) mass is 195 g/mol. The van der Waals surface area contributed by atoms with Gasteiger partial charge in [-0.25, -0.2) is 0 Å². The molecule has 2 rings (SSSR count). The molecule has 14 heavy (non-hydrogen) atoms. The van der Waals surface area contributed by atoms with Crippen LogP contribution in [0.2, 0.25) is 0 Å². The minimum atomic E-state index is -0.850. The van der Waals surface area contributed by atoms with Gasteiger partial charge in [-0.2, -0.15) is 9.78 Å². The van der Waals surface area contributed by atoms with Crippen molar-refractivity contribution < 1.29 is 10.2 Å². The Bertz CT molecular complexity index is 381. The van der Waals surface area contributed by atoms with Crippen LogP contribution in [0.25, 0.3) is 5.88 Å². The van der Waals surface area contributed by atoms with Crippen LogP contribution < -0.4 is 5.32 Å². The van der Waals surface area contributed by atoms with Gasteiger partial charge in [-0.1, -0.05) is 13.8 Å². The van der Waals surface area contributed by atoms with E-state index >= 15 is 0 Å². The lowest BCUT2D eigenvalue weighted by atomic mass is 10.1. The number of rotatable bonds is 1. The van der Waals surface area contributed by atoms with E-state index in [1.807, 2.05) is 13.8 Å². The summed E-state index contributed by atoms with van der Waals surface area (Å²) >= 11 is 0. The fourth-order valence-electron chi connectivity index (χ4n) is 1.50. The molecule has 3 N–H and O–H groups in total. The van der Waals surface area contributed by atoms with Crippen LogP contribution in [0, 0.1) is 0 Å². The maximum Gasteiger partial charge on any atom is 0.214 e. The largest absolute Gasteiger partial charge is 0.493 e. The number of hydrogen-bond acceptors (Lipinski definition) is 4. The number of hydrogen-bond donors (Lipinski definition) is 3. The summed E-state index contributed by atoms with van der Waals surface area (Å²) in [4.78, 5) is 0. The second-order valence-electron chi connectivity index (χ2n) is 3.63. The van der Waals surface area contributed by atoms with Crippen molar-refractivity contribution in [3.8, 4) is 0 Å². The van der Waals surface area contributed by atoms with E-state index < -0.39 is 6.23 Å². The normalized spacial score (nSPS) is 20.3. The van der Waals surface area contributed by atoms with Crippen LogP contribution in [0.5, 0.6) is 0 Å². The Morgan fingerprint density at radius 3 is 2.93 bits per heavy atom. The Kier molecular flexibility index (Phi) is 1.96. The minimum Gasteiger partial charge on any atom is -0.493 e. The Morgan fingerprint density at radius 2 is 2.29 bits per heavy atom.